The molecule has 1 aliphatic heterocycles. The molecule has 1 saturated heterocycles. The molecule has 7 nitrogen and oxygen atoms in total. The van der Waals surface area contributed by atoms with Crippen molar-refractivity contribution >= 4 is 15.7 Å². The van der Waals surface area contributed by atoms with Gasteiger partial charge in [-0.3, -0.25) is 9.69 Å². The standard InChI is InChI=1S/C18H21F3N4O3S/c1-29(27,28)13-12-23-8-10-24(11-9-23)17(26)14-2-4-15(5-3-14)25-7-6-16(22-25)18(19,20)21/h2-7H,8-13H2,1H3. The van der Waals surface area contributed by atoms with Crippen LogP contribution >= 0.6 is 0 Å². The average molecular weight is 430 g/mol. The number of halogens is 3. The summed E-state index contributed by atoms with van der Waals surface area (Å²) >= 11 is 0. The molecule has 0 radical (unpaired) electrons. The van der Waals surface area contributed by atoms with Crippen LogP contribution in [0, 0.1) is 0 Å². The highest BCUT2D eigenvalue weighted by Crippen LogP contribution is 2.27. The van der Waals surface area contributed by atoms with Gasteiger partial charge in [0, 0.05) is 50.7 Å². The number of alkyl halides is 3. The molecular formula is C18H21F3N4O3S. The molecule has 1 aliphatic rings. The van der Waals surface area contributed by atoms with Gasteiger partial charge in [-0.1, -0.05) is 0 Å². The third-order valence-electron chi connectivity index (χ3n) is 4.70. The number of hydrogen-bond acceptors (Lipinski definition) is 5. The van der Waals surface area contributed by atoms with E-state index in [1.54, 1.807) is 29.2 Å². The van der Waals surface area contributed by atoms with Crippen LogP contribution in [0.5, 0.6) is 0 Å². The first kappa shape index (κ1) is 21.3. The van der Waals surface area contributed by atoms with Crippen molar-refractivity contribution in [3.05, 3.63) is 47.8 Å². The summed E-state index contributed by atoms with van der Waals surface area (Å²) in [6, 6.07) is 7.10. The maximum Gasteiger partial charge on any atom is 0.435 e. The molecule has 0 bridgehead atoms. The van der Waals surface area contributed by atoms with Gasteiger partial charge >= 0.3 is 6.18 Å². The number of hydrogen-bond donors (Lipinski definition) is 0. The van der Waals surface area contributed by atoms with Crippen molar-refractivity contribution < 1.29 is 26.4 Å². The minimum atomic E-state index is -4.51. The Kier molecular flexibility index (Phi) is 5.99. The van der Waals surface area contributed by atoms with Gasteiger partial charge in [0.2, 0.25) is 0 Å². The SMILES string of the molecule is CS(=O)(=O)CCN1CCN(C(=O)c2ccc(-n3ccc(C(F)(F)F)n3)cc2)CC1. The monoisotopic (exact) mass is 430 g/mol. The molecule has 0 spiro atoms. The number of benzene rings is 1. The molecule has 1 amide bonds. The van der Waals surface area contributed by atoms with Gasteiger partial charge in [-0.05, 0) is 30.3 Å². The fraction of sp³-hybridized carbons (Fsp3) is 0.444. The normalized spacial score (nSPS) is 16.2. The summed E-state index contributed by atoms with van der Waals surface area (Å²) in [7, 11) is -3.02. The summed E-state index contributed by atoms with van der Waals surface area (Å²) in [6.07, 6.45) is -2.09. The zero-order chi connectivity index (χ0) is 21.2. The zero-order valence-corrected chi connectivity index (χ0v) is 16.6. The molecule has 158 valence electrons. The molecule has 1 aromatic carbocycles. The Bertz CT molecular complexity index is 963. The van der Waals surface area contributed by atoms with E-state index >= 15 is 0 Å². The summed E-state index contributed by atoms with van der Waals surface area (Å²) in [4.78, 5) is 16.3. The topological polar surface area (TPSA) is 75.5 Å². The minimum Gasteiger partial charge on any atom is -0.336 e. The predicted molar refractivity (Wildman–Crippen MR) is 101 cm³/mol. The smallest absolute Gasteiger partial charge is 0.336 e. The summed E-state index contributed by atoms with van der Waals surface area (Å²) in [5.41, 5.74) is -0.129. The number of aromatic nitrogens is 2. The predicted octanol–water partition coefficient (Wildman–Crippen LogP) is 1.69. The molecule has 0 aliphatic carbocycles. The maximum atomic E-state index is 12.7. The van der Waals surface area contributed by atoms with E-state index in [-0.39, 0.29) is 11.7 Å². The molecule has 1 fully saturated rings. The van der Waals surface area contributed by atoms with E-state index in [2.05, 4.69) is 5.10 Å². The van der Waals surface area contributed by atoms with Crippen LogP contribution in [0.25, 0.3) is 5.69 Å². The van der Waals surface area contributed by atoms with E-state index in [1.165, 1.54) is 12.5 Å². The van der Waals surface area contributed by atoms with Crippen molar-refractivity contribution in [3.63, 3.8) is 0 Å². The van der Waals surface area contributed by atoms with Crippen LogP contribution in [-0.4, -0.2) is 78.6 Å². The first-order chi connectivity index (χ1) is 13.5. The van der Waals surface area contributed by atoms with E-state index in [0.29, 0.717) is 44.0 Å². The third-order valence-corrected chi connectivity index (χ3v) is 5.62. The number of rotatable bonds is 5. The lowest BCUT2D eigenvalue weighted by molar-refractivity contribution is -0.141. The Morgan fingerprint density at radius 3 is 2.21 bits per heavy atom. The highest BCUT2D eigenvalue weighted by atomic mass is 32.2. The van der Waals surface area contributed by atoms with Crippen molar-refractivity contribution in [3.8, 4) is 5.69 Å². The first-order valence-electron chi connectivity index (χ1n) is 8.95. The van der Waals surface area contributed by atoms with E-state index in [0.717, 1.165) is 10.7 Å². The molecule has 2 heterocycles. The van der Waals surface area contributed by atoms with Gasteiger partial charge in [0.05, 0.1) is 11.4 Å². The Morgan fingerprint density at radius 2 is 1.69 bits per heavy atom. The molecule has 0 N–H and O–H groups in total. The molecule has 29 heavy (non-hydrogen) atoms. The largest absolute Gasteiger partial charge is 0.435 e. The summed E-state index contributed by atoms with van der Waals surface area (Å²) in [6.45, 7) is 2.59. The summed E-state index contributed by atoms with van der Waals surface area (Å²) < 4.78 is 61.6. The lowest BCUT2D eigenvalue weighted by atomic mass is 10.1. The van der Waals surface area contributed by atoms with Crippen molar-refractivity contribution in [2.24, 2.45) is 0 Å². The van der Waals surface area contributed by atoms with Crippen LogP contribution in [0.2, 0.25) is 0 Å². The van der Waals surface area contributed by atoms with E-state index in [4.69, 9.17) is 0 Å². The Hall–Kier alpha value is -2.40. The molecule has 3 rings (SSSR count). The van der Waals surface area contributed by atoms with Crippen LogP contribution < -0.4 is 0 Å². The van der Waals surface area contributed by atoms with Gasteiger partial charge in [-0.15, -0.1) is 0 Å². The Labute approximate surface area is 166 Å². The second-order valence-corrected chi connectivity index (χ2v) is 9.21. The fourth-order valence-electron chi connectivity index (χ4n) is 3.03. The van der Waals surface area contributed by atoms with Gasteiger partial charge in [0.1, 0.15) is 9.84 Å². The van der Waals surface area contributed by atoms with Crippen molar-refractivity contribution in [2.75, 3.05) is 44.7 Å². The molecule has 0 unspecified atom stereocenters. The molecule has 11 heteroatoms. The third kappa shape index (κ3) is 5.57. The number of piperazine rings is 1. The van der Waals surface area contributed by atoms with Gasteiger partial charge in [0.15, 0.2) is 5.69 Å². The summed E-state index contributed by atoms with van der Waals surface area (Å²) in [5.74, 6) is -0.0814. The number of carbonyl (C=O) groups is 1. The fourth-order valence-corrected chi connectivity index (χ4v) is 3.62. The maximum absolute atomic E-state index is 12.7. The zero-order valence-electron chi connectivity index (χ0n) is 15.8. The van der Waals surface area contributed by atoms with Crippen LogP contribution in [-0.2, 0) is 16.0 Å². The number of sulfone groups is 1. The number of amides is 1. The first-order valence-corrected chi connectivity index (χ1v) is 11.0. The molecule has 0 saturated carbocycles. The molecule has 1 aromatic heterocycles. The van der Waals surface area contributed by atoms with Gasteiger partial charge in [-0.25, -0.2) is 13.1 Å². The highest BCUT2D eigenvalue weighted by molar-refractivity contribution is 7.90. The van der Waals surface area contributed by atoms with Gasteiger partial charge < -0.3 is 4.90 Å². The van der Waals surface area contributed by atoms with Gasteiger partial charge in [-0.2, -0.15) is 18.3 Å². The molecular weight excluding hydrogens is 409 g/mol. The van der Waals surface area contributed by atoms with Gasteiger partial charge in [0.25, 0.3) is 5.91 Å². The summed E-state index contributed by atoms with van der Waals surface area (Å²) in [5, 5.41) is 3.51. The molecule has 2 aromatic rings. The van der Waals surface area contributed by atoms with Crippen molar-refractivity contribution in [1.82, 2.24) is 19.6 Å². The highest BCUT2D eigenvalue weighted by Gasteiger charge is 2.33. The average Bonchev–Trinajstić information content (AvgIpc) is 3.16. The molecule has 0 atom stereocenters. The lowest BCUT2D eigenvalue weighted by Crippen LogP contribution is -2.49. The lowest BCUT2D eigenvalue weighted by Gasteiger charge is -2.34. The van der Waals surface area contributed by atoms with E-state index in [9.17, 15) is 26.4 Å². The minimum absolute atomic E-state index is 0.0892. The van der Waals surface area contributed by atoms with Crippen LogP contribution in [0.15, 0.2) is 36.5 Å². The number of nitrogens with zero attached hydrogens (tertiary/aromatic N) is 4. The second kappa shape index (κ2) is 8.15. The van der Waals surface area contributed by atoms with E-state index in [1.807, 2.05) is 4.90 Å². The van der Waals surface area contributed by atoms with Crippen LogP contribution in [0.4, 0.5) is 13.2 Å². The van der Waals surface area contributed by atoms with E-state index < -0.39 is 21.7 Å². The van der Waals surface area contributed by atoms with Crippen molar-refractivity contribution in [2.45, 2.75) is 6.18 Å². The Morgan fingerprint density at radius 1 is 1.07 bits per heavy atom. The van der Waals surface area contributed by atoms with Crippen molar-refractivity contribution in [1.29, 1.82) is 0 Å². The quantitative estimate of drug-likeness (QED) is 0.722. The van der Waals surface area contributed by atoms with Crippen LogP contribution in [0.1, 0.15) is 16.1 Å². The van der Waals surface area contributed by atoms with Crippen LogP contribution in [0.3, 0.4) is 0 Å². The number of carbonyl (C=O) groups excluding carboxylic acids is 1. The second-order valence-electron chi connectivity index (χ2n) is 6.95. The Balaban J connectivity index is 1.59.